The van der Waals surface area contributed by atoms with E-state index in [-0.39, 0.29) is 11.4 Å². The van der Waals surface area contributed by atoms with Crippen LogP contribution in [-0.4, -0.2) is 21.4 Å². The Labute approximate surface area is 151 Å². The molecule has 0 spiro atoms. The fraction of sp³-hybridized carbons (Fsp3) is 0.263. The highest BCUT2D eigenvalue weighted by Crippen LogP contribution is 2.31. The van der Waals surface area contributed by atoms with Crippen molar-refractivity contribution in [2.75, 3.05) is 17.6 Å². The van der Waals surface area contributed by atoms with Crippen molar-refractivity contribution in [3.63, 3.8) is 0 Å². The molecule has 3 N–H and O–H groups in total. The number of aromatic nitrogens is 2. The van der Waals surface area contributed by atoms with Crippen LogP contribution in [0.3, 0.4) is 0 Å². The zero-order valence-corrected chi connectivity index (χ0v) is 14.8. The number of fused-ring (bicyclic) bond motifs is 1. The summed E-state index contributed by atoms with van der Waals surface area (Å²) in [5.41, 5.74) is 8.14. The molecule has 3 aromatic rings. The van der Waals surface area contributed by atoms with Crippen molar-refractivity contribution in [1.82, 2.24) is 9.97 Å². The minimum absolute atomic E-state index is 0.0952. The van der Waals surface area contributed by atoms with E-state index in [1.807, 2.05) is 18.2 Å². The summed E-state index contributed by atoms with van der Waals surface area (Å²) in [4.78, 5) is 19.3. The third-order valence-electron chi connectivity index (χ3n) is 4.21. The van der Waals surface area contributed by atoms with Gasteiger partial charge in [0.25, 0.3) is 5.69 Å². The van der Waals surface area contributed by atoms with Crippen molar-refractivity contribution in [2.45, 2.75) is 20.3 Å². The van der Waals surface area contributed by atoms with E-state index in [1.54, 1.807) is 12.1 Å². The van der Waals surface area contributed by atoms with Crippen LogP contribution >= 0.6 is 0 Å². The maximum absolute atomic E-state index is 11.1. The first-order chi connectivity index (χ1) is 12.5. The van der Waals surface area contributed by atoms with Gasteiger partial charge in [0.05, 0.1) is 10.4 Å². The molecule has 1 aromatic heterocycles. The first kappa shape index (κ1) is 17.6. The van der Waals surface area contributed by atoms with Gasteiger partial charge in [0.2, 0.25) is 0 Å². The molecule has 0 aliphatic rings. The summed E-state index contributed by atoms with van der Waals surface area (Å²) in [7, 11) is 0. The highest BCUT2D eigenvalue weighted by molar-refractivity contribution is 5.92. The molecule has 2 aromatic carbocycles. The molecular weight excluding hydrogens is 330 g/mol. The molecule has 3 rings (SSSR count). The predicted octanol–water partition coefficient (Wildman–Crippen LogP) is 4.25. The molecule has 134 valence electrons. The number of nitrogens with one attached hydrogen (secondary N) is 1. The van der Waals surface area contributed by atoms with Crippen molar-refractivity contribution in [1.29, 1.82) is 0 Å². The molecule has 0 aliphatic carbocycles. The molecule has 7 heteroatoms. The second-order valence-electron chi connectivity index (χ2n) is 6.59. The number of rotatable bonds is 6. The lowest BCUT2D eigenvalue weighted by molar-refractivity contribution is -0.383. The zero-order chi connectivity index (χ0) is 18.7. The number of nitrogens with two attached hydrogens (primary N) is 1. The minimum Gasteiger partial charge on any atom is -0.393 e. The number of hydrogen-bond acceptors (Lipinski definition) is 6. The second kappa shape index (κ2) is 7.35. The van der Waals surface area contributed by atoms with Crippen molar-refractivity contribution in [2.24, 2.45) is 5.92 Å². The molecule has 0 atom stereocenters. The average molecular weight is 351 g/mol. The minimum atomic E-state index is -0.470. The highest BCUT2D eigenvalue weighted by Gasteiger charge is 2.13. The third-order valence-corrected chi connectivity index (χ3v) is 4.21. The second-order valence-corrected chi connectivity index (χ2v) is 6.59. The van der Waals surface area contributed by atoms with E-state index >= 15 is 0 Å². The van der Waals surface area contributed by atoms with E-state index in [0.717, 1.165) is 40.8 Å². The number of hydrogen-bond donors (Lipinski definition) is 2. The van der Waals surface area contributed by atoms with Crippen molar-refractivity contribution in [3.05, 3.63) is 52.8 Å². The quantitative estimate of drug-likeness (QED) is 0.391. The van der Waals surface area contributed by atoms with Gasteiger partial charge in [0.15, 0.2) is 0 Å². The van der Waals surface area contributed by atoms with Gasteiger partial charge < -0.3 is 11.1 Å². The molecule has 0 saturated carbocycles. The summed E-state index contributed by atoms with van der Waals surface area (Å²) in [6.07, 6.45) is 2.57. The van der Waals surface area contributed by atoms with Crippen molar-refractivity contribution >= 4 is 28.1 Å². The van der Waals surface area contributed by atoms with Crippen LogP contribution in [0.1, 0.15) is 20.3 Å². The van der Waals surface area contributed by atoms with Gasteiger partial charge in [-0.25, -0.2) is 9.97 Å². The molecule has 7 nitrogen and oxygen atoms in total. The normalized spacial score (nSPS) is 11.0. The molecule has 0 unspecified atom stereocenters. The van der Waals surface area contributed by atoms with E-state index in [0.29, 0.717) is 5.92 Å². The van der Waals surface area contributed by atoms with Crippen LogP contribution in [0.2, 0.25) is 0 Å². The van der Waals surface area contributed by atoms with Gasteiger partial charge >= 0.3 is 0 Å². The van der Waals surface area contributed by atoms with Gasteiger partial charge in [-0.1, -0.05) is 26.0 Å². The Morgan fingerprint density at radius 1 is 1.15 bits per heavy atom. The monoisotopic (exact) mass is 351 g/mol. The van der Waals surface area contributed by atoms with Crippen LogP contribution in [0.4, 0.5) is 17.2 Å². The van der Waals surface area contributed by atoms with Crippen LogP contribution in [0.15, 0.2) is 42.7 Å². The Balaban J connectivity index is 2.00. The topological polar surface area (TPSA) is 107 Å². The van der Waals surface area contributed by atoms with E-state index in [1.165, 1.54) is 12.4 Å². The van der Waals surface area contributed by atoms with Gasteiger partial charge in [-0.3, -0.25) is 10.1 Å². The molecule has 0 aliphatic heterocycles. The number of benzene rings is 2. The SMILES string of the molecule is CC(C)CCNc1ncnc2ccc(-c3ccc(N)c([N+](=O)[O-])c3)cc12. The van der Waals surface area contributed by atoms with Crippen LogP contribution in [0, 0.1) is 16.0 Å². The number of anilines is 2. The average Bonchev–Trinajstić information content (AvgIpc) is 2.61. The van der Waals surface area contributed by atoms with Crippen LogP contribution < -0.4 is 11.1 Å². The van der Waals surface area contributed by atoms with Gasteiger partial charge in [-0.2, -0.15) is 0 Å². The summed E-state index contributed by atoms with van der Waals surface area (Å²) < 4.78 is 0. The number of nitro groups is 1. The van der Waals surface area contributed by atoms with E-state index in [4.69, 9.17) is 5.73 Å². The third kappa shape index (κ3) is 3.72. The lowest BCUT2D eigenvalue weighted by Crippen LogP contribution is -2.06. The molecule has 0 fully saturated rings. The number of nitrogens with zero attached hydrogens (tertiary/aromatic N) is 3. The Hall–Kier alpha value is -3.22. The first-order valence-corrected chi connectivity index (χ1v) is 8.48. The summed E-state index contributed by atoms with van der Waals surface area (Å²) >= 11 is 0. The molecule has 1 heterocycles. The summed E-state index contributed by atoms with van der Waals surface area (Å²) in [6.45, 7) is 5.17. The maximum atomic E-state index is 11.1. The molecule has 0 radical (unpaired) electrons. The fourth-order valence-corrected chi connectivity index (χ4v) is 2.74. The fourth-order valence-electron chi connectivity index (χ4n) is 2.74. The number of nitro benzene ring substituents is 1. The van der Waals surface area contributed by atoms with E-state index < -0.39 is 4.92 Å². The van der Waals surface area contributed by atoms with Crippen molar-refractivity contribution < 1.29 is 4.92 Å². The largest absolute Gasteiger partial charge is 0.393 e. The lowest BCUT2D eigenvalue weighted by Gasteiger charge is -2.11. The van der Waals surface area contributed by atoms with Gasteiger partial charge in [0.1, 0.15) is 17.8 Å². The summed E-state index contributed by atoms with van der Waals surface area (Å²) in [5.74, 6) is 1.36. The van der Waals surface area contributed by atoms with E-state index in [2.05, 4.69) is 29.1 Å². The molecule has 26 heavy (non-hydrogen) atoms. The molecule has 0 bridgehead atoms. The predicted molar refractivity (Wildman–Crippen MR) is 104 cm³/mol. The Morgan fingerprint density at radius 3 is 2.62 bits per heavy atom. The van der Waals surface area contributed by atoms with Crippen LogP contribution in [0.25, 0.3) is 22.0 Å². The first-order valence-electron chi connectivity index (χ1n) is 8.48. The van der Waals surface area contributed by atoms with Crippen LogP contribution in [0.5, 0.6) is 0 Å². The zero-order valence-electron chi connectivity index (χ0n) is 14.8. The van der Waals surface area contributed by atoms with Gasteiger partial charge in [-0.05, 0) is 41.7 Å². The van der Waals surface area contributed by atoms with Gasteiger partial charge in [-0.15, -0.1) is 0 Å². The lowest BCUT2D eigenvalue weighted by atomic mass is 10.0. The summed E-state index contributed by atoms with van der Waals surface area (Å²) in [6, 6.07) is 10.6. The van der Waals surface area contributed by atoms with Gasteiger partial charge in [0, 0.05) is 18.0 Å². The molecule has 0 amide bonds. The molecule has 0 saturated heterocycles. The highest BCUT2D eigenvalue weighted by atomic mass is 16.6. The standard InChI is InChI=1S/C19H21N5O2/c1-12(2)7-8-21-19-15-9-13(4-6-17(15)22-11-23-19)14-3-5-16(20)18(10-14)24(25)26/h3-6,9-12H,7-8,20H2,1-2H3,(H,21,22,23). The van der Waals surface area contributed by atoms with Crippen molar-refractivity contribution in [3.8, 4) is 11.1 Å². The van der Waals surface area contributed by atoms with E-state index in [9.17, 15) is 10.1 Å². The Morgan fingerprint density at radius 2 is 1.88 bits per heavy atom. The molecular formula is C19H21N5O2. The van der Waals surface area contributed by atoms with Crippen LogP contribution in [-0.2, 0) is 0 Å². The Kier molecular flexibility index (Phi) is 4.97. The summed E-state index contributed by atoms with van der Waals surface area (Å²) in [5, 5.41) is 15.4. The Bertz CT molecular complexity index is 956. The number of nitrogen functional groups attached to an aromatic ring is 1. The smallest absolute Gasteiger partial charge is 0.292 e. The maximum Gasteiger partial charge on any atom is 0.292 e.